The standard InChI is InChI=1S/3C10H13NO2.2C9H10ClNO.3C9H10FNO.C9H11NO.CH4/c1-3-10(11-12)8-4-6-9(13-2)7-5-8;1-3-10(11-12)8-5-4-6-9(7-8)13-2;1-3-9(11-12)8-6-4-5-7-10(8)13-2;1-2-9(11-12)7-4-3-5-8(10)6-7;1-2-9(11-12)7-5-3-4-6-8(7)10;1-2-9(11-12)7-3-5-8(10)6-4-7;1-2-9(11-12)7-4-3-5-8(10)6-7;1-2-9(11-12)7-5-3-4-6-8(7)10;1-2-9(10-11)8-6-4-3-5-7-8;/h3*4-7,12H,3H2,1-2H3;5*3-6,12H,2H2,1H3;3-7,11H,2H2,1H3;1H4. The molecule has 21 nitrogen and oxygen atoms in total. The van der Waals surface area contributed by atoms with Crippen molar-refractivity contribution in [2.45, 2.75) is 128 Å². The largest absolute Gasteiger partial charge is 0.497 e. The lowest BCUT2D eigenvalue weighted by Crippen LogP contribution is -2.01. The van der Waals surface area contributed by atoms with Crippen LogP contribution in [0.15, 0.2) is 271 Å². The summed E-state index contributed by atoms with van der Waals surface area (Å²) in [6.45, 7) is 17.1. The fourth-order valence-corrected chi connectivity index (χ4v) is 9.84. The highest BCUT2D eigenvalue weighted by Gasteiger charge is 2.11. The average molecular weight is 1570 g/mol. The Morgan fingerprint density at radius 3 is 1.00 bits per heavy atom. The second-order valence-electron chi connectivity index (χ2n) is 22.1. The van der Waals surface area contributed by atoms with Crippen LogP contribution in [0, 0.1) is 17.5 Å². The van der Waals surface area contributed by atoms with E-state index in [-0.39, 0.29) is 24.9 Å². The van der Waals surface area contributed by atoms with Gasteiger partial charge in [0.25, 0.3) is 0 Å². The van der Waals surface area contributed by atoms with Crippen molar-refractivity contribution in [3.05, 3.63) is 302 Å². The zero-order valence-electron chi connectivity index (χ0n) is 63.9. The molecule has 0 aliphatic heterocycles. The molecule has 0 radical (unpaired) electrons. The van der Waals surface area contributed by atoms with Gasteiger partial charge in [0, 0.05) is 43.4 Å². The first kappa shape index (κ1) is 99.0. The van der Waals surface area contributed by atoms with Crippen molar-refractivity contribution < 1.29 is 74.2 Å². The van der Waals surface area contributed by atoms with Gasteiger partial charge in [0.05, 0.1) is 72.7 Å². The predicted octanol–water partition coefficient (Wildman–Crippen LogP) is 22.9. The predicted molar refractivity (Wildman–Crippen MR) is 442 cm³/mol. The number of oxime groups is 9. The molecule has 9 N–H and O–H groups in total. The zero-order valence-corrected chi connectivity index (χ0v) is 65.4. The molecule has 0 saturated heterocycles. The van der Waals surface area contributed by atoms with Gasteiger partial charge in [-0.15, -0.1) is 0 Å². The van der Waals surface area contributed by atoms with Gasteiger partial charge < -0.3 is 61.1 Å². The Morgan fingerprint density at radius 1 is 0.279 bits per heavy atom. The van der Waals surface area contributed by atoms with Crippen molar-refractivity contribution in [2.24, 2.45) is 46.4 Å². The van der Waals surface area contributed by atoms with Crippen LogP contribution in [0.5, 0.6) is 17.2 Å². The van der Waals surface area contributed by atoms with Crippen LogP contribution in [0.3, 0.4) is 0 Å². The second-order valence-corrected chi connectivity index (χ2v) is 23.0. The molecule has 26 heteroatoms. The van der Waals surface area contributed by atoms with Gasteiger partial charge in [0.15, 0.2) is 0 Å². The summed E-state index contributed by atoms with van der Waals surface area (Å²) in [4.78, 5) is 0. The number of para-hydroxylation sites is 1. The van der Waals surface area contributed by atoms with Crippen LogP contribution >= 0.6 is 23.2 Å². The summed E-state index contributed by atoms with van der Waals surface area (Å²) in [5.74, 6) is 1.35. The molecule has 9 aromatic carbocycles. The van der Waals surface area contributed by atoms with Gasteiger partial charge in [-0.25, -0.2) is 13.2 Å². The molecule has 0 fully saturated rings. The quantitative estimate of drug-likeness (QED) is 0.0184. The number of methoxy groups -OCH3 is 3. The van der Waals surface area contributed by atoms with Crippen molar-refractivity contribution in [3.63, 3.8) is 0 Å². The summed E-state index contributed by atoms with van der Waals surface area (Å²) < 4.78 is 53.4. The van der Waals surface area contributed by atoms with E-state index in [1.54, 1.807) is 82.0 Å². The lowest BCUT2D eigenvalue weighted by atomic mass is 10.1. The number of halogens is 5. The fourth-order valence-electron chi connectivity index (χ4n) is 9.41. The van der Waals surface area contributed by atoms with Crippen LogP contribution in [0.25, 0.3) is 0 Å². The summed E-state index contributed by atoms with van der Waals surface area (Å²) in [6, 6.07) is 64.7. The Balaban J connectivity index is 0.00000123. The lowest BCUT2D eigenvalue weighted by molar-refractivity contribution is 0.317. The van der Waals surface area contributed by atoms with Crippen LogP contribution in [-0.4, -0.2) is 120 Å². The molecule has 0 saturated carbocycles. The smallest absolute Gasteiger partial charge is 0.132 e. The monoisotopic (exact) mass is 1570 g/mol. The van der Waals surface area contributed by atoms with Crippen LogP contribution in [0.2, 0.25) is 10.0 Å². The van der Waals surface area contributed by atoms with Crippen molar-refractivity contribution >= 4 is 74.6 Å². The van der Waals surface area contributed by atoms with Crippen LogP contribution < -0.4 is 14.2 Å². The van der Waals surface area contributed by atoms with E-state index in [4.69, 9.17) is 84.3 Å². The minimum Gasteiger partial charge on any atom is -0.497 e. The van der Waals surface area contributed by atoms with E-state index < -0.39 is 0 Å². The highest BCUT2D eigenvalue weighted by Crippen LogP contribution is 2.21. The number of benzene rings is 9. The van der Waals surface area contributed by atoms with Gasteiger partial charge in [-0.2, -0.15) is 0 Å². The van der Waals surface area contributed by atoms with Gasteiger partial charge >= 0.3 is 0 Å². The van der Waals surface area contributed by atoms with E-state index in [2.05, 4.69) is 46.4 Å². The van der Waals surface area contributed by atoms with E-state index in [0.29, 0.717) is 118 Å². The molecule has 111 heavy (non-hydrogen) atoms. The Morgan fingerprint density at radius 2 is 0.604 bits per heavy atom. The maximum absolute atomic E-state index is 13.0. The number of hydrogen-bond acceptors (Lipinski definition) is 21. The maximum Gasteiger partial charge on any atom is 0.132 e. The molecule has 0 bridgehead atoms. The van der Waals surface area contributed by atoms with Crippen LogP contribution in [0.4, 0.5) is 13.2 Å². The summed E-state index contributed by atoms with van der Waals surface area (Å²) in [7, 11) is 4.83. The molecule has 0 aromatic heterocycles. The normalized spacial score (nSPS) is 11.5. The van der Waals surface area contributed by atoms with Gasteiger partial charge in [-0.3, -0.25) is 0 Å². The van der Waals surface area contributed by atoms with Crippen molar-refractivity contribution in [1.82, 2.24) is 0 Å². The highest BCUT2D eigenvalue weighted by molar-refractivity contribution is 6.34. The Bertz CT molecular complexity index is 4250. The molecule has 0 unspecified atom stereocenters. The number of ether oxygens (including phenoxy) is 3. The van der Waals surface area contributed by atoms with E-state index >= 15 is 0 Å². The molecule has 0 aliphatic rings. The third-order valence-corrected chi connectivity index (χ3v) is 15.9. The molecule has 0 heterocycles. The van der Waals surface area contributed by atoms with Gasteiger partial charge in [0.2, 0.25) is 0 Å². The third-order valence-electron chi connectivity index (χ3n) is 15.3. The number of rotatable bonds is 21. The van der Waals surface area contributed by atoms with Crippen molar-refractivity contribution in [3.8, 4) is 17.2 Å². The molecule has 0 spiro atoms. The first-order valence-electron chi connectivity index (χ1n) is 34.9. The van der Waals surface area contributed by atoms with Crippen molar-refractivity contribution in [2.75, 3.05) is 21.3 Å². The van der Waals surface area contributed by atoms with E-state index in [0.717, 1.165) is 68.3 Å². The maximum atomic E-state index is 13.0. The van der Waals surface area contributed by atoms with Crippen LogP contribution in [-0.2, 0) is 0 Å². The topological polar surface area (TPSA) is 321 Å². The molecule has 0 atom stereocenters. The van der Waals surface area contributed by atoms with Crippen molar-refractivity contribution in [1.29, 1.82) is 0 Å². The summed E-state index contributed by atoms with van der Waals surface area (Å²) in [5.41, 5.74) is 12.4. The molecule has 0 amide bonds. The molecule has 596 valence electrons. The molecular weight excluding hydrogens is 1470 g/mol. The SMILES string of the molecule is C.CCC(=NO)c1ccc(F)cc1.CCC(=NO)c1ccc(OC)cc1.CCC(=NO)c1cccc(Cl)c1.CCC(=NO)c1cccc(F)c1.CCC(=NO)c1cccc(OC)c1.CCC(=NO)c1ccccc1.CCC(=NO)c1ccccc1Cl.CCC(=NO)c1ccccc1F.CCC(=NO)c1ccccc1OC. The molecular formula is C85H104Cl2F3N9O12. The van der Waals surface area contributed by atoms with E-state index in [1.165, 1.54) is 30.3 Å². The second kappa shape index (κ2) is 60.0. The number of nitrogens with zero attached hydrogens (tertiary/aromatic N) is 9. The summed E-state index contributed by atoms with van der Waals surface area (Å²) >= 11 is 11.7. The van der Waals surface area contributed by atoms with Gasteiger partial charge in [0.1, 0.15) is 34.7 Å². The third kappa shape index (κ3) is 36.6. The van der Waals surface area contributed by atoms with Gasteiger partial charge in [-0.05, 0) is 172 Å². The van der Waals surface area contributed by atoms with E-state index in [1.807, 2.05) is 196 Å². The average Bonchev–Trinajstić information content (AvgIpc) is 0.876. The van der Waals surface area contributed by atoms with Crippen LogP contribution in [0.1, 0.15) is 178 Å². The fraction of sp³-hybridized carbons (Fsp3) is 0.259. The lowest BCUT2D eigenvalue weighted by Gasteiger charge is -2.07. The highest BCUT2D eigenvalue weighted by atomic mass is 35.5. The Labute approximate surface area is 659 Å². The zero-order chi connectivity index (χ0) is 82.0. The first-order valence-corrected chi connectivity index (χ1v) is 35.6. The Kier molecular flexibility index (Phi) is 53.5. The van der Waals surface area contributed by atoms with E-state index in [9.17, 15) is 13.2 Å². The minimum absolute atomic E-state index is 0. The molecule has 9 rings (SSSR count). The number of hydrogen-bond donors (Lipinski definition) is 9. The summed E-state index contributed by atoms with van der Waals surface area (Å²) in [5, 5.41) is 107. The van der Waals surface area contributed by atoms with Gasteiger partial charge in [-0.1, -0.05) is 267 Å². The first-order chi connectivity index (χ1) is 53.2. The molecule has 0 aliphatic carbocycles. The summed E-state index contributed by atoms with van der Waals surface area (Å²) in [6.07, 6.45) is 5.92. The minimum atomic E-state index is -0.354. The Hall–Kier alpha value is -12.0. The molecule has 9 aromatic rings.